The van der Waals surface area contributed by atoms with Gasteiger partial charge >= 0.3 is 5.97 Å². The number of carboxylic acids is 1. The summed E-state index contributed by atoms with van der Waals surface area (Å²) in [5.74, 6) is -0.726. The van der Waals surface area contributed by atoms with Crippen LogP contribution >= 0.6 is 0 Å². The van der Waals surface area contributed by atoms with E-state index in [2.05, 4.69) is 4.90 Å². The molecule has 2 aliphatic heterocycles. The van der Waals surface area contributed by atoms with Crippen molar-refractivity contribution in [3.05, 3.63) is 0 Å². The van der Waals surface area contributed by atoms with Crippen LogP contribution in [0.3, 0.4) is 0 Å². The quantitative estimate of drug-likeness (QED) is 0.765. The number of carbonyl (C=O) groups is 2. The van der Waals surface area contributed by atoms with Crippen LogP contribution in [0.2, 0.25) is 0 Å². The number of likely N-dealkylation sites (tertiary alicyclic amines) is 2. The molecule has 0 aromatic carbocycles. The largest absolute Gasteiger partial charge is 0.481 e. The van der Waals surface area contributed by atoms with E-state index in [4.69, 9.17) is 5.73 Å². The molecule has 6 nitrogen and oxygen atoms in total. The molecule has 20 heavy (non-hydrogen) atoms. The second-order valence-corrected chi connectivity index (χ2v) is 6.12. The summed E-state index contributed by atoms with van der Waals surface area (Å²) in [6.07, 6.45) is 3.00. The van der Waals surface area contributed by atoms with Crippen LogP contribution < -0.4 is 5.73 Å². The monoisotopic (exact) mass is 283 g/mol. The molecular weight excluding hydrogens is 258 g/mol. The highest BCUT2D eigenvalue weighted by atomic mass is 16.4. The highest BCUT2D eigenvalue weighted by molar-refractivity contribution is 5.81. The molecule has 2 heterocycles. The first-order chi connectivity index (χ1) is 9.47. The van der Waals surface area contributed by atoms with Gasteiger partial charge in [0, 0.05) is 32.2 Å². The molecular formula is C14H25N3O3. The number of nitrogens with zero attached hydrogens (tertiary/aromatic N) is 2. The first-order valence-electron chi connectivity index (χ1n) is 7.46. The van der Waals surface area contributed by atoms with Crippen molar-refractivity contribution in [2.45, 2.75) is 38.6 Å². The summed E-state index contributed by atoms with van der Waals surface area (Å²) in [4.78, 5) is 27.5. The van der Waals surface area contributed by atoms with E-state index < -0.39 is 11.4 Å². The minimum Gasteiger partial charge on any atom is -0.481 e. The molecule has 1 atom stereocenters. The van der Waals surface area contributed by atoms with Crippen molar-refractivity contribution in [3.63, 3.8) is 0 Å². The number of carboxylic acid groups (broad SMARTS) is 1. The van der Waals surface area contributed by atoms with Gasteiger partial charge in [0.2, 0.25) is 5.91 Å². The van der Waals surface area contributed by atoms with E-state index in [1.165, 1.54) is 0 Å². The number of carbonyl (C=O) groups excluding carboxylic acids is 1. The topological polar surface area (TPSA) is 86.9 Å². The van der Waals surface area contributed by atoms with Gasteiger partial charge in [-0.15, -0.1) is 0 Å². The fourth-order valence-corrected chi connectivity index (χ4v) is 3.10. The van der Waals surface area contributed by atoms with Crippen LogP contribution in [0.5, 0.6) is 0 Å². The van der Waals surface area contributed by atoms with Gasteiger partial charge in [0.05, 0.1) is 12.0 Å². The first-order valence-corrected chi connectivity index (χ1v) is 7.46. The van der Waals surface area contributed by atoms with Gasteiger partial charge in [-0.3, -0.25) is 14.5 Å². The second-order valence-electron chi connectivity index (χ2n) is 6.12. The summed E-state index contributed by atoms with van der Waals surface area (Å²) in [5, 5.41) is 9.35. The normalized spacial score (nSPS) is 28.8. The SMILES string of the molecule is CCC1(C(=O)O)CCN(C(=O)CN2CCC(N)CC2)C1. The molecule has 6 heteroatoms. The van der Waals surface area contributed by atoms with Gasteiger partial charge < -0.3 is 15.7 Å². The van der Waals surface area contributed by atoms with Crippen molar-refractivity contribution in [1.29, 1.82) is 0 Å². The molecule has 0 aliphatic carbocycles. The summed E-state index contributed by atoms with van der Waals surface area (Å²) in [6.45, 7) is 4.91. The molecule has 3 N–H and O–H groups in total. The van der Waals surface area contributed by atoms with Crippen LogP contribution in [0.4, 0.5) is 0 Å². The molecule has 2 aliphatic rings. The van der Waals surface area contributed by atoms with E-state index >= 15 is 0 Å². The zero-order chi connectivity index (χ0) is 14.8. The Hall–Kier alpha value is -1.14. The number of amides is 1. The van der Waals surface area contributed by atoms with Gasteiger partial charge in [-0.2, -0.15) is 0 Å². The van der Waals surface area contributed by atoms with Crippen LogP contribution in [0.1, 0.15) is 32.6 Å². The fraction of sp³-hybridized carbons (Fsp3) is 0.857. The van der Waals surface area contributed by atoms with E-state index in [-0.39, 0.29) is 11.9 Å². The zero-order valence-electron chi connectivity index (χ0n) is 12.2. The number of hydrogen-bond acceptors (Lipinski definition) is 4. The van der Waals surface area contributed by atoms with Crippen molar-refractivity contribution >= 4 is 11.9 Å². The average molecular weight is 283 g/mol. The van der Waals surface area contributed by atoms with Gasteiger partial charge in [-0.1, -0.05) is 6.92 Å². The third kappa shape index (κ3) is 3.12. The fourth-order valence-electron chi connectivity index (χ4n) is 3.10. The van der Waals surface area contributed by atoms with Crippen molar-refractivity contribution in [2.24, 2.45) is 11.1 Å². The van der Waals surface area contributed by atoms with Gasteiger partial charge in [0.25, 0.3) is 0 Å². The van der Waals surface area contributed by atoms with Crippen LogP contribution in [0.15, 0.2) is 0 Å². The van der Waals surface area contributed by atoms with Crippen molar-refractivity contribution in [1.82, 2.24) is 9.80 Å². The Bertz CT molecular complexity index is 380. The van der Waals surface area contributed by atoms with E-state index in [0.717, 1.165) is 25.9 Å². The molecule has 0 radical (unpaired) electrons. The molecule has 2 saturated heterocycles. The van der Waals surface area contributed by atoms with E-state index in [0.29, 0.717) is 32.5 Å². The zero-order valence-corrected chi connectivity index (χ0v) is 12.2. The van der Waals surface area contributed by atoms with Crippen LogP contribution in [0.25, 0.3) is 0 Å². The smallest absolute Gasteiger partial charge is 0.311 e. The highest BCUT2D eigenvalue weighted by Crippen LogP contribution is 2.34. The number of nitrogens with two attached hydrogens (primary N) is 1. The van der Waals surface area contributed by atoms with Crippen molar-refractivity contribution < 1.29 is 14.7 Å². The molecule has 0 spiro atoms. The van der Waals surface area contributed by atoms with E-state index in [1.807, 2.05) is 6.92 Å². The predicted octanol–water partition coefficient (Wildman–Crippen LogP) is 0.123. The molecule has 2 fully saturated rings. The summed E-state index contributed by atoms with van der Waals surface area (Å²) >= 11 is 0. The molecule has 114 valence electrons. The maximum Gasteiger partial charge on any atom is 0.311 e. The Morgan fingerprint density at radius 1 is 1.30 bits per heavy atom. The van der Waals surface area contributed by atoms with Crippen LogP contribution in [-0.4, -0.2) is 65.5 Å². The third-order valence-corrected chi connectivity index (χ3v) is 4.83. The van der Waals surface area contributed by atoms with Crippen LogP contribution in [-0.2, 0) is 9.59 Å². The Kier molecular flexibility index (Phi) is 4.65. The maximum absolute atomic E-state index is 12.3. The number of hydrogen-bond donors (Lipinski definition) is 2. The molecule has 1 amide bonds. The summed E-state index contributed by atoms with van der Waals surface area (Å²) in [5.41, 5.74) is 5.11. The number of piperidine rings is 1. The lowest BCUT2D eigenvalue weighted by Crippen LogP contribution is -2.46. The number of rotatable bonds is 4. The summed E-state index contributed by atoms with van der Waals surface area (Å²) < 4.78 is 0. The van der Waals surface area contributed by atoms with Crippen molar-refractivity contribution in [2.75, 3.05) is 32.7 Å². The van der Waals surface area contributed by atoms with Gasteiger partial charge in [-0.05, 0) is 25.7 Å². The molecule has 0 aromatic heterocycles. The van der Waals surface area contributed by atoms with E-state index in [1.54, 1.807) is 4.90 Å². The minimum absolute atomic E-state index is 0.0528. The summed E-state index contributed by atoms with van der Waals surface area (Å²) in [7, 11) is 0. The lowest BCUT2D eigenvalue weighted by Gasteiger charge is -2.31. The Labute approximate surface area is 119 Å². The minimum atomic E-state index is -0.778. The lowest BCUT2D eigenvalue weighted by atomic mass is 9.84. The highest BCUT2D eigenvalue weighted by Gasteiger charge is 2.44. The maximum atomic E-state index is 12.3. The standard InChI is InChI=1S/C14H25N3O3/c1-2-14(13(19)20)5-8-17(10-14)12(18)9-16-6-3-11(15)4-7-16/h11H,2-10,15H2,1H3,(H,19,20). The van der Waals surface area contributed by atoms with E-state index in [9.17, 15) is 14.7 Å². The molecule has 1 unspecified atom stereocenters. The molecule has 0 aromatic rings. The molecule has 2 rings (SSSR count). The van der Waals surface area contributed by atoms with Gasteiger partial charge in [0.1, 0.15) is 0 Å². The average Bonchev–Trinajstić information content (AvgIpc) is 2.87. The van der Waals surface area contributed by atoms with Gasteiger partial charge in [0.15, 0.2) is 0 Å². The molecule has 0 bridgehead atoms. The van der Waals surface area contributed by atoms with Crippen LogP contribution in [0, 0.1) is 5.41 Å². The third-order valence-electron chi connectivity index (χ3n) is 4.83. The summed E-state index contributed by atoms with van der Waals surface area (Å²) in [6, 6.07) is 0.257. The second kappa shape index (κ2) is 6.10. The Balaban J connectivity index is 1.87. The molecule has 0 saturated carbocycles. The first kappa shape index (κ1) is 15.3. The Morgan fingerprint density at radius 2 is 1.95 bits per heavy atom. The predicted molar refractivity (Wildman–Crippen MR) is 75.2 cm³/mol. The number of aliphatic carboxylic acids is 1. The van der Waals surface area contributed by atoms with Gasteiger partial charge in [-0.25, -0.2) is 0 Å². The Morgan fingerprint density at radius 3 is 2.45 bits per heavy atom. The lowest BCUT2D eigenvalue weighted by molar-refractivity contribution is -0.148. The van der Waals surface area contributed by atoms with Crippen molar-refractivity contribution in [3.8, 4) is 0 Å².